The first kappa shape index (κ1) is 12.9. The molecule has 1 fully saturated rings. The molecule has 2 N–H and O–H groups in total. The summed E-state index contributed by atoms with van der Waals surface area (Å²) in [4.78, 5) is 17.3. The summed E-state index contributed by atoms with van der Waals surface area (Å²) < 4.78 is 0. The van der Waals surface area contributed by atoms with Gasteiger partial charge in [-0.3, -0.25) is 19.9 Å². The van der Waals surface area contributed by atoms with Crippen LogP contribution in [0.5, 0.6) is 0 Å². The predicted octanol–water partition coefficient (Wildman–Crippen LogP) is 1.45. The molecular weight excluding hydrogens is 234 g/mol. The van der Waals surface area contributed by atoms with Crippen LogP contribution in [0.3, 0.4) is 0 Å². The van der Waals surface area contributed by atoms with Gasteiger partial charge in [0.05, 0.1) is 11.0 Å². The number of nitro benzene ring substituents is 1. The molecule has 0 unspecified atom stereocenters. The van der Waals surface area contributed by atoms with Crippen molar-refractivity contribution in [1.29, 1.82) is 0 Å². The van der Waals surface area contributed by atoms with Crippen LogP contribution in [0.25, 0.3) is 0 Å². The van der Waals surface area contributed by atoms with Crippen molar-refractivity contribution in [3.8, 4) is 0 Å². The minimum atomic E-state index is -0.386. The van der Waals surface area contributed by atoms with Gasteiger partial charge in [-0.25, -0.2) is 5.90 Å². The van der Waals surface area contributed by atoms with Crippen molar-refractivity contribution in [2.24, 2.45) is 5.90 Å². The number of hydrogen-bond donors (Lipinski definition) is 1. The topological polar surface area (TPSA) is 81.6 Å². The van der Waals surface area contributed by atoms with Crippen LogP contribution < -0.4 is 5.90 Å². The lowest BCUT2D eigenvalue weighted by molar-refractivity contribution is -0.384. The molecule has 1 saturated heterocycles. The highest BCUT2D eigenvalue weighted by Crippen LogP contribution is 2.17. The van der Waals surface area contributed by atoms with Gasteiger partial charge >= 0.3 is 0 Å². The summed E-state index contributed by atoms with van der Waals surface area (Å²) >= 11 is 0. The molecule has 2 rings (SSSR count). The van der Waals surface area contributed by atoms with Gasteiger partial charge in [-0.1, -0.05) is 12.1 Å². The van der Waals surface area contributed by atoms with E-state index in [2.05, 4.69) is 4.90 Å². The van der Waals surface area contributed by atoms with Crippen LogP contribution in [0, 0.1) is 10.1 Å². The second kappa shape index (κ2) is 5.90. The normalized spacial score (nSPS) is 20.8. The zero-order valence-corrected chi connectivity index (χ0v) is 10.1. The highest BCUT2D eigenvalue weighted by Gasteiger charge is 2.20. The van der Waals surface area contributed by atoms with E-state index in [9.17, 15) is 10.1 Å². The third-order valence-corrected chi connectivity index (χ3v) is 3.21. The van der Waals surface area contributed by atoms with Gasteiger partial charge in [0.25, 0.3) is 5.69 Å². The first-order valence-corrected chi connectivity index (χ1v) is 6.00. The Morgan fingerprint density at radius 1 is 1.44 bits per heavy atom. The molecule has 1 aliphatic heterocycles. The molecule has 0 radical (unpaired) electrons. The Balaban J connectivity index is 1.94. The number of piperidine rings is 1. The Hall–Kier alpha value is -1.50. The molecule has 1 atom stereocenters. The summed E-state index contributed by atoms with van der Waals surface area (Å²) in [6.07, 6.45) is 2.15. The fourth-order valence-corrected chi connectivity index (χ4v) is 2.25. The lowest BCUT2D eigenvalue weighted by atomic mass is 10.1. The van der Waals surface area contributed by atoms with Gasteiger partial charge in [0, 0.05) is 25.2 Å². The van der Waals surface area contributed by atoms with E-state index in [1.807, 2.05) is 0 Å². The van der Waals surface area contributed by atoms with Gasteiger partial charge in [-0.15, -0.1) is 0 Å². The summed E-state index contributed by atoms with van der Waals surface area (Å²) in [5.74, 6) is 5.21. The molecule has 6 nitrogen and oxygen atoms in total. The van der Waals surface area contributed by atoms with E-state index in [1.54, 1.807) is 12.1 Å². The van der Waals surface area contributed by atoms with E-state index in [0.29, 0.717) is 0 Å². The van der Waals surface area contributed by atoms with Crippen LogP contribution >= 0.6 is 0 Å². The number of nitrogens with zero attached hydrogens (tertiary/aromatic N) is 2. The second-order valence-corrected chi connectivity index (χ2v) is 4.56. The molecule has 0 saturated carbocycles. The Morgan fingerprint density at radius 3 is 2.78 bits per heavy atom. The highest BCUT2D eigenvalue weighted by molar-refractivity contribution is 5.32. The lowest BCUT2D eigenvalue weighted by Crippen LogP contribution is -2.40. The Bertz CT molecular complexity index is 408. The van der Waals surface area contributed by atoms with E-state index in [0.717, 1.165) is 38.0 Å². The average Bonchev–Trinajstić information content (AvgIpc) is 2.39. The monoisotopic (exact) mass is 251 g/mol. The number of nitro groups is 1. The molecular formula is C12H17N3O3. The van der Waals surface area contributed by atoms with E-state index in [4.69, 9.17) is 10.7 Å². The van der Waals surface area contributed by atoms with E-state index < -0.39 is 0 Å². The van der Waals surface area contributed by atoms with Gasteiger partial charge in [0.2, 0.25) is 0 Å². The summed E-state index contributed by atoms with van der Waals surface area (Å²) in [5, 5.41) is 10.5. The van der Waals surface area contributed by atoms with Crippen LogP contribution in [-0.4, -0.2) is 29.0 Å². The number of rotatable bonds is 4. The van der Waals surface area contributed by atoms with Crippen LogP contribution in [-0.2, 0) is 11.4 Å². The standard InChI is InChI=1S/C12H17N3O3/c13-18-12-2-1-7-14(9-12)8-10-3-5-11(6-4-10)15(16)17/h3-6,12H,1-2,7-9,13H2/t12-/m1/s1. The van der Waals surface area contributed by atoms with Gasteiger partial charge in [-0.2, -0.15) is 0 Å². The predicted molar refractivity (Wildman–Crippen MR) is 66.7 cm³/mol. The number of non-ortho nitro benzene ring substituents is 1. The number of likely N-dealkylation sites (tertiary alicyclic amines) is 1. The summed E-state index contributed by atoms with van der Waals surface area (Å²) in [6, 6.07) is 6.67. The van der Waals surface area contributed by atoms with Crippen molar-refractivity contribution in [2.75, 3.05) is 13.1 Å². The Labute approximate surface area is 105 Å². The van der Waals surface area contributed by atoms with E-state index in [-0.39, 0.29) is 16.7 Å². The molecule has 6 heteroatoms. The van der Waals surface area contributed by atoms with Gasteiger partial charge in [0.15, 0.2) is 0 Å². The molecule has 0 bridgehead atoms. The Kier molecular flexibility index (Phi) is 4.24. The molecule has 1 aliphatic rings. The summed E-state index contributed by atoms with van der Waals surface area (Å²) in [7, 11) is 0. The third kappa shape index (κ3) is 3.25. The zero-order valence-electron chi connectivity index (χ0n) is 10.1. The molecule has 0 aromatic heterocycles. The number of benzene rings is 1. The zero-order chi connectivity index (χ0) is 13.0. The van der Waals surface area contributed by atoms with Crippen molar-refractivity contribution in [3.63, 3.8) is 0 Å². The van der Waals surface area contributed by atoms with Crippen LogP contribution in [0.1, 0.15) is 18.4 Å². The van der Waals surface area contributed by atoms with Gasteiger partial charge in [-0.05, 0) is 24.9 Å². The quantitative estimate of drug-likeness (QED) is 0.647. The third-order valence-electron chi connectivity index (χ3n) is 3.21. The Morgan fingerprint density at radius 2 is 2.17 bits per heavy atom. The van der Waals surface area contributed by atoms with E-state index in [1.165, 1.54) is 12.1 Å². The summed E-state index contributed by atoms with van der Waals surface area (Å²) in [6.45, 7) is 2.60. The molecule has 1 aromatic rings. The SMILES string of the molecule is NO[C@@H]1CCCN(Cc2ccc([N+](=O)[O-])cc2)C1. The molecule has 18 heavy (non-hydrogen) atoms. The molecule has 98 valence electrons. The average molecular weight is 251 g/mol. The maximum atomic E-state index is 10.5. The molecule has 1 heterocycles. The van der Waals surface area contributed by atoms with Crippen LogP contribution in [0.4, 0.5) is 5.69 Å². The molecule has 0 amide bonds. The molecule has 0 aliphatic carbocycles. The number of nitrogens with two attached hydrogens (primary N) is 1. The van der Waals surface area contributed by atoms with Crippen molar-refractivity contribution in [2.45, 2.75) is 25.5 Å². The molecule has 0 spiro atoms. The number of hydrogen-bond acceptors (Lipinski definition) is 5. The fourth-order valence-electron chi connectivity index (χ4n) is 2.25. The van der Waals surface area contributed by atoms with Gasteiger partial charge < -0.3 is 0 Å². The molecule has 1 aromatic carbocycles. The highest BCUT2D eigenvalue weighted by atomic mass is 16.6. The van der Waals surface area contributed by atoms with Crippen molar-refractivity contribution in [1.82, 2.24) is 4.90 Å². The second-order valence-electron chi connectivity index (χ2n) is 4.56. The lowest BCUT2D eigenvalue weighted by Gasteiger charge is -2.31. The van der Waals surface area contributed by atoms with Gasteiger partial charge in [0.1, 0.15) is 0 Å². The largest absolute Gasteiger partial charge is 0.300 e. The van der Waals surface area contributed by atoms with E-state index >= 15 is 0 Å². The summed E-state index contributed by atoms with van der Waals surface area (Å²) in [5.41, 5.74) is 1.19. The minimum absolute atomic E-state index is 0.0943. The van der Waals surface area contributed by atoms with Crippen molar-refractivity contribution >= 4 is 5.69 Å². The minimum Gasteiger partial charge on any atom is -0.300 e. The smallest absolute Gasteiger partial charge is 0.269 e. The van der Waals surface area contributed by atoms with Crippen molar-refractivity contribution < 1.29 is 9.76 Å². The van der Waals surface area contributed by atoms with Crippen LogP contribution in [0.2, 0.25) is 0 Å². The first-order valence-electron chi connectivity index (χ1n) is 6.00. The maximum Gasteiger partial charge on any atom is 0.269 e. The van der Waals surface area contributed by atoms with Crippen molar-refractivity contribution in [3.05, 3.63) is 39.9 Å². The van der Waals surface area contributed by atoms with Crippen LogP contribution in [0.15, 0.2) is 24.3 Å². The maximum absolute atomic E-state index is 10.5. The first-order chi connectivity index (χ1) is 8.69. The fraction of sp³-hybridized carbons (Fsp3) is 0.500.